The lowest BCUT2D eigenvalue weighted by Gasteiger charge is -2.12. The predicted molar refractivity (Wildman–Crippen MR) is 83.9 cm³/mol. The second kappa shape index (κ2) is 5.21. The van der Waals surface area contributed by atoms with Crippen molar-refractivity contribution < 1.29 is 0 Å². The number of para-hydroxylation sites is 1. The van der Waals surface area contributed by atoms with Gasteiger partial charge < -0.3 is 5.32 Å². The minimum absolute atomic E-state index is 0.593. The SMILES string of the molecule is CC(C)C1CN=C(Nc2cnc3ccccc3c2)S1. The maximum Gasteiger partial charge on any atom is 0.161 e. The van der Waals surface area contributed by atoms with Gasteiger partial charge in [0.05, 0.1) is 23.9 Å². The number of aliphatic imine (C=N–C) groups is 1. The Bertz CT molecular complexity index is 622. The van der Waals surface area contributed by atoms with Crippen molar-refractivity contribution in [3.63, 3.8) is 0 Å². The van der Waals surface area contributed by atoms with E-state index in [9.17, 15) is 0 Å². The van der Waals surface area contributed by atoms with Gasteiger partial charge in [-0.3, -0.25) is 9.98 Å². The summed E-state index contributed by atoms with van der Waals surface area (Å²) >= 11 is 1.83. The van der Waals surface area contributed by atoms with E-state index in [4.69, 9.17) is 0 Å². The van der Waals surface area contributed by atoms with Crippen molar-refractivity contribution in [3.05, 3.63) is 36.5 Å². The molecule has 2 aromatic rings. The van der Waals surface area contributed by atoms with Gasteiger partial charge in [-0.2, -0.15) is 0 Å². The van der Waals surface area contributed by atoms with Crippen LogP contribution in [0, 0.1) is 5.92 Å². The standard InChI is InChI=1S/C15H17N3S/c1-10(2)14-9-17-15(19-14)18-12-7-11-5-3-4-6-13(11)16-8-12/h3-8,10,14H,9H2,1-2H3,(H,17,18). The Morgan fingerprint density at radius 2 is 2.16 bits per heavy atom. The average Bonchev–Trinajstić information content (AvgIpc) is 2.87. The van der Waals surface area contributed by atoms with E-state index >= 15 is 0 Å². The Balaban J connectivity index is 1.76. The first kappa shape index (κ1) is 12.5. The Kier molecular flexibility index (Phi) is 3.42. The van der Waals surface area contributed by atoms with Crippen LogP contribution in [0.15, 0.2) is 41.5 Å². The van der Waals surface area contributed by atoms with E-state index in [0.29, 0.717) is 11.2 Å². The van der Waals surface area contributed by atoms with E-state index in [1.54, 1.807) is 0 Å². The van der Waals surface area contributed by atoms with E-state index in [1.165, 1.54) is 0 Å². The van der Waals surface area contributed by atoms with Crippen LogP contribution in [0.1, 0.15) is 13.8 Å². The first-order valence-electron chi connectivity index (χ1n) is 6.55. The number of hydrogen-bond acceptors (Lipinski definition) is 4. The molecule has 0 fully saturated rings. The van der Waals surface area contributed by atoms with Gasteiger partial charge in [-0.15, -0.1) is 0 Å². The van der Waals surface area contributed by atoms with E-state index in [2.05, 4.69) is 41.3 Å². The molecule has 1 aromatic carbocycles. The van der Waals surface area contributed by atoms with E-state index < -0.39 is 0 Å². The molecule has 98 valence electrons. The molecule has 1 aliphatic rings. The molecule has 0 bridgehead atoms. The van der Waals surface area contributed by atoms with Crippen LogP contribution in [0.25, 0.3) is 10.9 Å². The minimum atomic E-state index is 0.593. The highest BCUT2D eigenvalue weighted by Gasteiger charge is 2.22. The highest BCUT2D eigenvalue weighted by Crippen LogP contribution is 2.28. The lowest BCUT2D eigenvalue weighted by Crippen LogP contribution is -2.13. The summed E-state index contributed by atoms with van der Waals surface area (Å²) in [6.07, 6.45) is 1.87. The molecule has 19 heavy (non-hydrogen) atoms. The second-order valence-corrected chi connectivity index (χ2v) is 6.32. The van der Waals surface area contributed by atoms with Crippen LogP contribution in [0.3, 0.4) is 0 Å². The van der Waals surface area contributed by atoms with Gasteiger partial charge in [0.15, 0.2) is 5.17 Å². The largest absolute Gasteiger partial charge is 0.334 e. The molecule has 0 spiro atoms. The molecule has 1 unspecified atom stereocenters. The maximum atomic E-state index is 4.55. The van der Waals surface area contributed by atoms with E-state index in [1.807, 2.05) is 36.2 Å². The van der Waals surface area contributed by atoms with Gasteiger partial charge in [-0.1, -0.05) is 43.8 Å². The topological polar surface area (TPSA) is 37.3 Å². The van der Waals surface area contributed by atoms with Gasteiger partial charge in [0.2, 0.25) is 0 Å². The molecule has 1 aliphatic heterocycles. The molecule has 0 saturated heterocycles. The number of hydrogen-bond donors (Lipinski definition) is 1. The lowest BCUT2D eigenvalue weighted by atomic mass is 10.1. The van der Waals surface area contributed by atoms with Gasteiger partial charge in [0.25, 0.3) is 0 Å². The number of nitrogens with zero attached hydrogens (tertiary/aromatic N) is 2. The number of pyridine rings is 1. The third-order valence-corrected chi connectivity index (χ3v) is 4.71. The van der Waals surface area contributed by atoms with Crippen molar-refractivity contribution in [1.82, 2.24) is 4.98 Å². The Morgan fingerprint density at radius 3 is 2.95 bits per heavy atom. The highest BCUT2D eigenvalue weighted by molar-refractivity contribution is 8.15. The molecule has 1 N–H and O–H groups in total. The first-order chi connectivity index (χ1) is 9.22. The molecule has 3 nitrogen and oxygen atoms in total. The number of fused-ring (bicyclic) bond motifs is 1. The predicted octanol–water partition coefficient (Wildman–Crippen LogP) is 3.77. The molecule has 2 heterocycles. The molecule has 1 atom stereocenters. The molecule has 0 aliphatic carbocycles. The Labute approximate surface area is 117 Å². The van der Waals surface area contributed by atoms with Crippen molar-refractivity contribution in [2.45, 2.75) is 19.1 Å². The molecule has 3 rings (SSSR count). The zero-order valence-electron chi connectivity index (χ0n) is 11.1. The highest BCUT2D eigenvalue weighted by atomic mass is 32.2. The van der Waals surface area contributed by atoms with Crippen LogP contribution in [0.2, 0.25) is 0 Å². The monoisotopic (exact) mass is 271 g/mol. The third kappa shape index (κ3) is 2.73. The number of nitrogens with one attached hydrogen (secondary N) is 1. The zero-order chi connectivity index (χ0) is 13.2. The van der Waals surface area contributed by atoms with Crippen LogP contribution >= 0.6 is 11.8 Å². The van der Waals surface area contributed by atoms with Crippen LogP contribution in [0.5, 0.6) is 0 Å². The van der Waals surface area contributed by atoms with Crippen molar-refractivity contribution in [2.24, 2.45) is 10.9 Å². The van der Waals surface area contributed by atoms with Crippen LogP contribution in [-0.4, -0.2) is 21.9 Å². The molecule has 1 aromatic heterocycles. The molecular formula is C15H17N3S. The number of amidine groups is 1. The Morgan fingerprint density at radius 1 is 1.32 bits per heavy atom. The summed E-state index contributed by atoms with van der Waals surface area (Å²) in [6.45, 7) is 5.40. The summed E-state index contributed by atoms with van der Waals surface area (Å²) in [7, 11) is 0. The van der Waals surface area contributed by atoms with Crippen molar-refractivity contribution in [2.75, 3.05) is 11.9 Å². The van der Waals surface area contributed by atoms with Crippen molar-refractivity contribution >= 4 is 33.5 Å². The summed E-state index contributed by atoms with van der Waals surface area (Å²) in [4.78, 5) is 9.01. The smallest absolute Gasteiger partial charge is 0.161 e. The first-order valence-corrected chi connectivity index (χ1v) is 7.43. The van der Waals surface area contributed by atoms with Gasteiger partial charge in [0, 0.05) is 10.6 Å². The number of anilines is 1. The summed E-state index contributed by atoms with van der Waals surface area (Å²) in [6, 6.07) is 10.3. The van der Waals surface area contributed by atoms with Gasteiger partial charge in [-0.05, 0) is 18.1 Å². The normalized spacial score (nSPS) is 18.9. The number of benzene rings is 1. The van der Waals surface area contributed by atoms with Crippen molar-refractivity contribution in [3.8, 4) is 0 Å². The van der Waals surface area contributed by atoms with E-state index in [0.717, 1.165) is 28.3 Å². The fourth-order valence-electron chi connectivity index (χ4n) is 2.07. The zero-order valence-corrected chi connectivity index (χ0v) is 11.9. The van der Waals surface area contributed by atoms with E-state index in [-0.39, 0.29) is 0 Å². The van der Waals surface area contributed by atoms with Crippen LogP contribution < -0.4 is 5.32 Å². The quantitative estimate of drug-likeness (QED) is 0.903. The molecular weight excluding hydrogens is 254 g/mol. The second-order valence-electron chi connectivity index (χ2n) is 5.09. The number of aromatic nitrogens is 1. The average molecular weight is 271 g/mol. The van der Waals surface area contributed by atoms with Crippen LogP contribution in [-0.2, 0) is 0 Å². The fraction of sp³-hybridized carbons (Fsp3) is 0.333. The molecule has 0 radical (unpaired) electrons. The van der Waals surface area contributed by atoms with Gasteiger partial charge >= 0.3 is 0 Å². The summed E-state index contributed by atoms with van der Waals surface area (Å²) in [5.74, 6) is 0.655. The Hall–Kier alpha value is -1.55. The summed E-state index contributed by atoms with van der Waals surface area (Å²) < 4.78 is 0. The molecule has 4 heteroatoms. The number of thioether (sulfide) groups is 1. The maximum absolute atomic E-state index is 4.55. The minimum Gasteiger partial charge on any atom is -0.334 e. The van der Waals surface area contributed by atoms with Crippen LogP contribution in [0.4, 0.5) is 5.69 Å². The van der Waals surface area contributed by atoms with Gasteiger partial charge in [0.1, 0.15) is 0 Å². The molecule has 0 saturated carbocycles. The number of rotatable bonds is 2. The summed E-state index contributed by atoms with van der Waals surface area (Å²) in [5, 5.41) is 6.12. The lowest BCUT2D eigenvalue weighted by molar-refractivity contribution is 0.621. The third-order valence-electron chi connectivity index (χ3n) is 3.26. The van der Waals surface area contributed by atoms with Crippen molar-refractivity contribution in [1.29, 1.82) is 0 Å². The fourth-order valence-corrected chi connectivity index (χ4v) is 3.10. The molecule has 0 amide bonds. The van der Waals surface area contributed by atoms with Gasteiger partial charge in [-0.25, -0.2) is 0 Å². The summed E-state index contributed by atoms with van der Waals surface area (Å²) in [5.41, 5.74) is 2.03.